The summed E-state index contributed by atoms with van der Waals surface area (Å²) in [5, 5.41) is 28.6. The van der Waals surface area contributed by atoms with Crippen LogP contribution >= 0.6 is 0 Å². The molecule has 0 bridgehead atoms. The van der Waals surface area contributed by atoms with Gasteiger partial charge in [-0.1, -0.05) is 118 Å². The number of unbranched alkanes of at least 4 members (excludes halogenated alkanes) is 1. The Balaban J connectivity index is 0.000000214. The van der Waals surface area contributed by atoms with Crippen molar-refractivity contribution in [3.63, 3.8) is 0 Å². The van der Waals surface area contributed by atoms with E-state index in [0.29, 0.717) is 77.3 Å². The van der Waals surface area contributed by atoms with Gasteiger partial charge in [-0.2, -0.15) is 13.2 Å². The lowest BCUT2D eigenvalue weighted by molar-refractivity contribution is -0.173. The van der Waals surface area contributed by atoms with Crippen LogP contribution in [0.1, 0.15) is 204 Å². The molecule has 4 heterocycles. The van der Waals surface area contributed by atoms with Gasteiger partial charge in [-0.3, -0.25) is 29.0 Å². The fourth-order valence-electron chi connectivity index (χ4n) is 22.9. The van der Waals surface area contributed by atoms with E-state index in [2.05, 4.69) is 88.0 Å². The summed E-state index contributed by atoms with van der Waals surface area (Å²) in [4.78, 5) is 56.8. The van der Waals surface area contributed by atoms with Crippen molar-refractivity contribution >= 4 is 23.5 Å². The van der Waals surface area contributed by atoms with Gasteiger partial charge in [0.25, 0.3) is 5.91 Å². The molecule has 8 aliphatic carbocycles. The molecule has 4 saturated carbocycles. The number of fused-ring (bicyclic) bond motifs is 12. The van der Waals surface area contributed by atoms with Crippen molar-refractivity contribution in [2.24, 2.45) is 75.7 Å². The van der Waals surface area contributed by atoms with Crippen LogP contribution in [0.25, 0.3) is 0 Å². The molecule has 530 valence electrons. The molecule has 14 nitrogen and oxygen atoms in total. The van der Waals surface area contributed by atoms with Crippen molar-refractivity contribution in [3.8, 4) is 0 Å². The lowest BCUT2D eigenvalue weighted by Crippen LogP contribution is -2.55. The standard InChI is InChI=1S/C51H65F3N4O6.C29H46N2O2/c1-30-26-43-44(32(3)50(64-43)22-20-38-39-18-17-36-27-37(59)19-21-49(36,4)41(39)28-40(38)31(50)2)58(29-30)25-24-55-47(62)42(12-8-9-23-56-48(63)51(52,53)54)57-46(61)35-15-13-34(14-16-35)45(60)33-10-6-5-7-11-33;1-17-13-26-27(31(16-17)12-11-30)19(3)29(33-26)10-8-22-23-6-5-20-14-21(32)7-9-28(20,4)25(23)15-24(22)18(29)2/h5-7,10-11,13-17,30,32,37-39,41-44,59H,8-9,12,18-29H2,1-4H3,(H,55,62)(H,56,63)(H,57,61);5,17,19,21-23,25-27,32H,6-16,30H2,1-4H3/t30-,32+,37-,38-,39-,41-,42?,43+,44-,49-,50-;17-,19+,21-,22-,23-,25-,26+,27-,28-,29-/m00/s1. The quantitative estimate of drug-likeness (QED) is 0.0564. The summed E-state index contributed by atoms with van der Waals surface area (Å²) < 4.78 is 52.8. The first-order valence-corrected chi connectivity index (χ1v) is 37.6. The number of nitrogens with two attached hydrogens (primary N) is 1. The highest BCUT2D eigenvalue weighted by Gasteiger charge is 2.64. The van der Waals surface area contributed by atoms with Crippen LogP contribution in [0.4, 0.5) is 13.2 Å². The van der Waals surface area contributed by atoms with Crippen LogP contribution in [0.5, 0.6) is 0 Å². The zero-order chi connectivity index (χ0) is 68.7. The van der Waals surface area contributed by atoms with Gasteiger partial charge in [-0.05, 0) is 217 Å². The Bertz CT molecular complexity index is 3410. The fraction of sp³-hybridized carbons (Fsp3) is 0.700. The number of aliphatic hydroxyl groups excluding tert-OH is 2. The molecule has 4 saturated heterocycles. The van der Waals surface area contributed by atoms with Gasteiger partial charge in [0.1, 0.15) is 6.04 Å². The van der Waals surface area contributed by atoms with Crippen LogP contribution in [0.3, 0.4) is 0 Å². The molecule has 0 radical (unpaired) electrons. The minimum Gasteiger partial charge on any atom is -0.393 e. The Morgan fingerprint density at radius 3 is 1.64 bits per heavy atom. The van der Waals surface area contributed by atoms with Gasteiger partial charge in [0.05, 0.1) is 35.6 Å². The van der Waals surface area contributed by atoms with Gasteiger partial charge in [-0.15, -0.1) is 0 Å². The third kappa shape index (κ3) is 12.9. The van der Waals surface area contributed by atoms with E-state index in [9.17, 15) is 42.6 Å². The molecule has 21 atom stereocenters. The molecule has 0 aromatic heterocycles. The molecule has 97 heavy (non-hydrogen) atoms. The number of nitrogens with one attached hydrogen (secondary N) is 3. The number of ether oxygens (including phenoxy) is 2. The number of carbonyl (C=O) groups is 4. The van der Waals surface area contributed by atoms with Gasteiger partial charge in [-0.25, -0.2) is 0 Å². The van der Waals surface area contributed by atoms with Crippen LogP contribution in [-0.2, 0) is 19.1 Å². The average Bonchev–Trinajstić information content (AvgIpc) is 1.56. The minimum absolute atomic E-state index is 0.0640. The molecular formula is C80H111F3N6O8. The summed E-state index contributed by atoms with van der Waals surface area (Å²) in [5.74, 6) is 2.83. The molecule has 12 aliphatic rings. The predicted octanol–water partition coefficient (Wildman–Crippen LogP) is 12.4. The molecule has 17 heteroatoms. The molecule has 2 aromatic carbocycles. The number of rotatable bonds is 15. The molecule has 8 fully saturated rings. The van der Waals surface area contributed by atoms with Crippen LogP contribution in [-0.4, -0.2) is 149 Å². The number of likely N-dealkylation sites (tertiary alicyclic amines) is 2. The Morgan fingerprint density at radius 2 is 1.13 bits per heavy atom. The number of benzene rings is 2. The maximum Gasteiger partial charge on any atom is 0.471 e. The lowest BCUT2D eigenvalue weighted by Gasteiger charge is -2.49. The van der Waals surface area contributed by atoms with Crippen molar-refractivity contribution in [1.82, 2.24) is 25.8 Å². The zero-order valence-corrected chi connectivity index (χ0v) is 59.0. The largest absolute Gasteiger partial charge is 0.471 e. The molecule has 14 rings (SSSR count). The Labute approximate surface area is 574 Å². The topological polar surface area (TPSA) is 196 Å². The normalized spacial score (nSPS) is 39.2. The number of carbonyl (C=O) groups excluding carboxylic acids is 4. The van der Waals surface area contributed by atoms with Crippen molar-refractivity contribution in [2.75, 3.05) is 45.8 Å². The van der Waals surface area contributed by atoms with Crippen LogP contribution < -0.4 is 21.7 Å². The third-order valence-corrected chi connectivity index (χ3v) is 27.8. The number of hydrogen-bond acceptors (Lipinski definition) is 11. The molecular weight excluding hydrogens is 1230 g/mol. The summed E-state index contributed by atoms with van der Waals surface area (Å²) >= 11 is 0. The first-order chi connectivity index (χ1) is 46.3. The smallest absolute Gasteiger partial charge is 0.393 e. The number of hydrogen-bond donors (Lipinski definition) is 6. The second-order valence-corrected chi connectivity index (χ2v) is 33.0. The fourth-order valence-corrected chi connectivity index (χ4v) is 22.9. The predicted molar refractivity (Wildman–Crippen MR) is 370 cm³/mol. The van der Waals surface area contributed by atoms with E-state index in [1.54, 1.807) is 58.7 Å². The lowest BCUT2D eigenvalue weighted by atomic mass is 9.56. The molecule has 4 aliphatic heterocycles. The van der Waals surface area contributed by atoms with E-state index in [0.717, 1.165) is 108 Å². The maximum absolute atomic E-state index is 13.9. The number of ketones is 1. The number of aliphatic hydroxyl groups is 2. The second kappa shape index (κ2) is 27.7. The SMILES string of the molecule is CC1=C2C[C@H]3[C@@H](CC=C4C[C@@H](O)CC[C@@]43C)[C@@H]2CC[C@]12O[C@@H]1C[C@H](C)CN(CCN)[C@H]1[C@H]2C.CC1=C2C[C@H]3[C@@H](CC=C4C[C@@H](O)CC[C@@]43C)[C@@H]2CC[C@]12O[C@@H]1C[C@H](C)CN(CCNC(=O)C(CCCCNC(=O)C(F)(F)F)NC(=O)c3ccc(C(=O)c4ccccc4)cc3)[C@H]1[C@H]2C. The maximum atomic E-state index is 13.9. The summed E-state index contributed by atoms with van der Waals surface area (Å²) in [6.45, 7) is 23.7. The van der Waals surface area contributed by atoms with E-state index < -0.39 is 29.9 Å². The number of alkyl halides is 3. The molecule has 2 spiro atoms. The van der Waals surface area contributed by atoms with Crippen molar-refractivity contribution in [3.05, 3.63) is 117 Å². The van der Waals surface area contributed by atoms with E-state index in [-0.39, 0.29) is 84.0 Å². The van der Waals surface area contributed by atoms with Gasteiger partial charge in [0.2, 0.25) is 5.91 Å². The molecule has 2 aromatic rings. The molecule has 3 amide bonds. The molecule has 7 N–H and O–H groups in total. The third-order valence-electron chi connectivity index (χ3n) is 27.8. The number of amides is 3. The monoisotopic (exact) mass is 1340 g/mol. The van der Waals surface area contributed by atoms with Gasteiger partial charge in [0.15, 0.2) is 5.78 Å². The van der Waals surface area contributed by atoms with Gasteiger partial charge < -0.3 is 41.4 Å². The Kier molecular flexibility index (Phi) is 20.1. The van der Waals surface area contributed by atoms with Crippen LogP contribution in [0.2, 0.25) is 0 Å². The molecule has 1 unspecified atom stereocenters. The van der Waals surface area contributed by atoms with Crippen molar-refractivity contribution in [1.29, 1.82) is 0 Å². The number of piperidine rings is 2. The van der Waals surface area contributed by atoms with E-state index in [1.807, 2.05) is 11.4 Å². The summed E-state index contributed by atoms with van der Waals surface area (Å²) in [6, 6.07) is 14.7. The summed E-state index contributed by atoms with van der Waals surface area (Å²) in [6.07, 6.45) is 18.0. The first-order valence-electron chi connectivity index (χ1n) is 37.6. The van der Waals surface area contributed by atoms with E-state index >= 15 is 0 Å². The van der Waals surface area contributed by atoms with E-state index in [4.69, 9.17) is 15.2 Å². The highest BCUT2D eigenvalue weighted by Crippen LogP contribution is 2.67. The van der Waals surface area contributed by atoms with Gasteiger partial charge >= 0.3 is 12.1 Å². The summed E-state index contributed by atoms with van der Waals surface area (Å²) in [7, 11) is 0. The zero-order valence-electron chi connectivity index (χ0n) is 59.0. The van der Waals surface area contributed by atoms with Crippen molar-refractivity contribution < 1.29 is 52.0 Å². The van der Waals surface area contributed by atoms with Crippen molar-refractivity contribution in [2.45, 2.75) is 237 Å². The number of allylic oxidation sites excluding steroid dienone is 4. The highest BCUT2D eigenvalue weighted by molar-refractivity contribution is 6.09. The van der Waals surface area contributed by atoms with Gasteiger partial charge in [0, 0.05) is 86.4 Å². The Morgan fingerprint density at radius 1 is 0.639 bits per heavy atom. The van der Waals surface area contributed by atoms with E-state index in [1.165, 1.54) is 61.9 Å². The second-order valence-electron chi connectivity index (χ2n) is 33.0. The Hall–Kier alpha value is -5.01. The highest BCUT2D eigenvalue weighted by atomic mass is 19.4. The van der Waals surface area contributed by atoms with Crippen LogP contribution in [0, 0.1) is 70.0 Å². The number of nitrogens with zero attached hydrogens (tertiary/aromatic N) is 2. The minimum atomic E-state index is -4.99. The first kappa shape index (κ1) is 70.4. The summed E-state index contributed by atoms with van der Waals surface area (Å²) in [5.41, 5.74) is 16.7. The van der Waals surface area contributed by atoms with Crippen LogP contribution in [0.15, 0.2) is 100 Å². The number of halogens is 3. The average molecular weight is 1340 g/mol.